The molecule has 4 rings (SSSR count). The molecule has 2 heterocycles. The number of hydrogen-bond acceptors (Lipinski definition) is 6. The standard InChI is InChI=1S/C24H25Cl2N3O4/c1-3-15(2)27-24(30)20-13-31-23(28-20)12-29(11-17-5-6-18(25)9-19(17)26)10-16-4-7-21-22(8-16)33-14-32-21/h4-9,13,15H,3,10-12,14H2,1-2H3,(H,27,30)/t15-/m0/s1. The monoisotopic (exact) mass is 489 g/mol. The van der Waals surface area contributed by atoms with Gasteiger partial charge in [-0.05, 0) is 48.7 Å². The van der Waals surface area contributed by atoms with Crippen LogP contribution in [-0.2, 0) is 19.6 Å². The maximum Gasteiger partial charge on any atom is 0.273 e. The van der Waals surface area contributed by atoms with E-state index in [0.717, 1.165) is 29.0 Å². The number of amides is 1. The summed E-state index contributed by atoms with van der Waals surface area (Å²) in [7, 11) is 0. The summed E-state index contributed by atoms with van der Waals surface area (Å²) < 4.78 is 16.5. The van der Waals surface area contributed by atoms with Crippen molar-refractivity contribution >= 4 is 29.1 Å². The fourth-order valence-corrected chi connectivity index (χ4v) is 3.90. The number of hydrogen-bond donors (Lipinski definition) is 1. The average Bonchev–Trinajstić information content (AvgIpc) is 3.44. The number of nitrogens with one attached hydrogen (secondary N) is 1. The highest BCUT2D eigenvalue weighted by molar-refractivity contribution is 6.35. The van der Waals surface area contributed by atoms with Crippen LogP contribution in [0.5, 0.6) is 11.5 Å². The third-order valence-electron chi connectivity index (χ3n) is 5.39. The predicted octanol–water partition coefficient (Wildman–Crippen LogP) is 5.44. The Hall–Kier alpha value is -2.74. The van der Waals surface area contributed by atoms with Gasteiger partial charge in [-0.15, -0.1) is 0 Å². The summed E-state index contributed by atoms with van der Waals surface area (Å²) in [5.41, 5.74) is 2.21. The number of carbonyl (C=O) groups excluding carboxylic acids is 1. The van der Waals surface area contributed by atoms with Crippen LogP contribution in [0, 0.1) is 0 Å². The van der Waals surface area contributed by atoms with Gasteiger partial charge in [0.25, 0.3) is 5.91 Å². The third kappa shape index (κ3) is 5.99. The summed E-state index contributed by atoms with van der Waals surface area (Å²) in [4.78, 5) is 18.9. The second-order valence-corrected chi connectivity index (χ2v) is 8.82. The molecule has 1 aromatic heterocycles. The highest BCUT2D eigenvalue weighted by Gasteiger charge is 2.19. The van der Waals surface area contributed by atoms with Crippen LogP contribution < -0.4 is 14.8 Å². The minimum absolute atomic E-state index is 0.0622. The molecule has 0 saturated carbocycles. The molecule has 7 nitrogen and oxygen atoms in total. The number of ether oxygens (including phenoxy) is 2. The zero-order chi connectivity index (χ0) is 23.4. The second-order valence-electron chi connectivity index (χ2n) is 7.98. The van der Waals surface area contributed by atoms with Gasteiger partial charge in [0.05, 0.1) is 6.54 Å². The van der Waals surface area contributed by atoms with Crippen molar-refractivity contribution in [2.24, 2.45) is 0 Å². The smallest absolute Gasteiger partial charge is 0.273 e. The molecule has 1 amide bonds. The number of fused-ring (bicyclic) bond motifs is 1. The number of nitrogens with zero attached hydrogens (tertiary/aromatic N) is 2. The van der Waals surface area contributed by atoms with Gasteiger partial charge in [-0.2, -0.15) is 0 Å². The van der Waals surface area contributed by atoms with E-state index in [1.165, 1.54) is 6.26 Å². The van der Waals surface area contributed by atoms with E-state index in [9.17, 15) is 4.79 Å². The normalized spacial score (nSPS) is 13.4. The minimum Gasteiger partial charge on any atom is -0.454 e. The summed E-state index contributed by atoms with van der Waals surface area (Å²) >= 11 is 12.5. The molecule has 0 aliphatic carbocycles. The first kappa shape index (κ1) is 23.4. The molecule has 1 aliphatic rings. The number of benzene rings is 2. The highest BCUT2D eigenvalue weighted by Crippen LogP contribution is 2.33. The van der Waals surface area contributed by atoms with Gasteiger partial charge in [0.15, 0.2) is 17.2 Å². The molecule has 0 saturated heterocycles. The maximum absolute atomic E-state index is 12.4. The van der Waals surface area contributed by atoms with Gasteiger partial charge in [-0.1, -0.05) is 42.3 Å². The fraction of sp³-hybridized carbons (Fsp3) is 0.333. The van der Waals surface area contributed by atoms with Crippen molar-refractivity contribution in [3.8, 4) is 11.5 Å². The van der Waals surface area contributed by atoms with E-state index in [-0.39, 0.29) is 24.4 Å². The first-order valence-corrected chi connectivity index (χ1v) is 11.5. The van der Waals surface area contributed by atoms with E-state index < -0.39 is 0 Å². The first-order chi connectivity index (χ1) is 15.9. The number of halogens is 2. The number of rotatable bonds is 9. The molecule has 2 aromatic carbocycles. The Labute approximate surface area is 202 Å². The lowest BCUT2D eigenvalue weighted by Crippen LogP contribution is -2.32. The lowest BCUT2D eigenvalue weighted by molar-refractivity contribution is 0.0934. The Morgan fingerprint density at radius 2 is 1.94 bits per heavy atom. The molecule has 9 heteroatoms. The van der Waals surface area contributed by atoms with Crippen LogP contribution in [-0.4, -0.2) is 28.6 Å². The molecule has 0 spiro atoms. The van der Waals surface area contributed by atoms with Gasteiger partial charge in [0.2, 0.25) is 12.7 Å². The van der Waals surface area contributed by atoms with Crippen LogP contribution >= 0.6 is 23.2 Å². The van der Waals surface area contributed by atoms with Crippen LogP contribution in [0.1, 0.15) is 47.8 Å². The molecule has 1 atom stereocenters. The van der Waals surface area contributed by atoms with Gasteiger partial charge >= 0.3 is 0 Å². The Bertz CT molecular complexity index is 1130. The van der Waals surface area contributed by atoms with Crippen molar-refractivity contribution in [3.63, 3.8) is 0 Å². The average molecular weight is 490 g/mol. The quantitative estimate of drug-likeness (QED) is 0.431. The predicted molar refractivity (Wildman–Crippen MR) is 126 cm³/mol. The molecule has 0 unspecified atom stereocenters. The van der Waals surface area contributed by atoms with Crippen molar-refractivity contribution < 1.29 is 18.7 Å². The molecule has 0 radical (unpaired) electrons. The first-order valence-electron chi connectivity index (χ1n) is 10.7. The molecule has 3 aromatic rings. The Kier molecular flexibility index (Phi) is 7.42. The zero-order valence-electron chi connectivity index (χ0n) is 18.4. The Morgan fingerprint density at radius 1 is 1.12 bits per heavy atom. The van der Waals surface area contributed by atoms with E-state index >= 15 is 0 Å². The van der Waals surface area contributed by atoms with Gasteiger partial charge in [0.1, 0.15) is 6.26 Å². The van der Waals surface area contributed by atoms with E-state index in [4.69, 9.17) is 37.1 Å². The highest BCUT2D eigenvalue weighted by atomic mass is 35.5. The van der Waals surface area contributed by atoms with Crippen LogP contribution in [0.4, 0.5) is 0 Å². The molecule has 33 heavy (non-hydrogen) atoms. The van der Waals surface area contributed by atoms with E-state index in [1.54, 1.807) is 6.07 Å². The third-order valence-corrected chi connectivity index (χ3v) is 5.97. The van der Waals surface area contributed by atoms with Gasteiger partial charge in [-0.25, -0.2) is 4.98 Å². The molecule has 0 bridgehead atoms. The molecule has 0 fully saturated rings. The largest absolute Gasteiger partial charge is 0.454 e. The summed E-state index contributed by atoms with van der Waals surface area (Å²) in [5.74, 6) is 1.64. The van der Waals surface area contributed by atoms with E-state index in [0.29, 0.717) is 35.6 Å². The van der Waals surface area contributed by atoms with E-state index in [2.05, 4.69) is 15.2 Å². The summed E-state index contributed by atoms with van der Waals surface area (Å²) in [5, 5.41) is 4.06. The van der Waals surface area contributed by atoms with Crippen molar-refractivity contribution in [2.45, 2.75) is 45.9 Å². The zero-order valence-corrected chi connectivity index (χ0v) is 19.9. The van der Waals surface area contributed by atoms with Crippen molar-refractivity contribution in [3.05, 3.63) is 75.4 Å². The van der Waals surface area contributed by atoms with E-state index in [1.807, 2.05) is 44.2 Å². The minimum atomic E-state index is -0.248. The van der Waals surface area contributed by atoms with Gasteiger partial charge in [0, 0.05) is 29.2 Å². The SMILES string of the molecule is CC[C@H](C)NC(=O)c1coc(CN(Cc2ccc3c(c2)OCO3)Cc2ccc(Cl)cc2Cl)n1. The van der Waals surface area contributed by atoms with Crippen LogP contribution in [0.15, 0.2) is 47.1 Å². The second kappa shape index (κ2) is 10.5. The summed E-state index contributed by atoms with van der Waals surface area (Å²) in [6.07, 6.45) is 2.22. The van der Waals surface area contributed by atoms with Crippen LogP contribution in [0.2, 0.25) is 10.0 Å². The topological polar surface area (TPSA) is 76.8 Å². The number of aromatic nitrogens is 1. The number of oxazole rings is 1. The van der Waals surface area contributed by atoms with Crippen molar-refractivity contribution in [1.82, 2.24) is 15.2 Å². The summed E-state index contributed by atoms with van der Waals surface area (Å²) in [6, 6.07) is 11.3. The number of carbonyl (C=O) groups is 1. The van der Waals surface area contributed by atoms with Crippen LogP contribution in [0.3, 0.4) is 0 Å². The van der Waals surface area contributed by atoms with Crippen LogP contribution in [0.25, 0.3) is 0 Å². The molecular weight excluding hydrogens is 465 g/mol. The van der Waals surface area contributed by atoms with Crippen molar-refractivity contribution in [2.75, 3.05) is 6.79 Å². The molecule has 174 valence electrons. The maximum atomic E-state index is 12.4. The molecule has 1 aliphatic heterocycles. The molecular formula is C24H25Cl2N3O4. The fourth-order valence-electron chi connectivity index (χ4n) is 3.43. The Balaban J connectivity index is 1.53. The summed E-state index contributed by atoms with van der Waals surface area (Å²) in [6.45, 7) is 5.66. The van der Waals surface area contributed by atoms with Crippen molar-refractivity contribution in [1.29, 1.82) is 0 Å². The lowest BCUT2D eigenvalue weighted by atomic mass is 10.1. The van der Waals surface area contributed by atoms with Gasteiger partial charge < -0.3 is 19.2 Å². The van der Waals surface area contributed by atoms with Gasteiger partial charge in [-0.3, -0.25) is 9.69 Å². The lowest BCUT2D eigenvalue weighted by Gasteiger charge is -2.22. The Morgan fingerprint density at radius 3 is 2.73 bits per heavy atom. The molecule has 1 N–H and O–H groups in total.